The fraction of sp³-hybridized carbons (Fsp3) is 0.500. The quantitative estimate of drug-likeness (QED) is 0.881. The molecule has 1 aromatic rings. The van der Waals surface area contributed by atoms with Crippen molar-refractivity contribution in [3.63, 3.8) is 0 Å². The molecule has 6 nitrogen and oxygen atoms in total. The second kappa shape index (κ2) is 6.76. The molecule has 0 bridgehead atoms. The third kappa shape index (κ3) is 4.59. The molecular weight excluding hydrogens is 320 g/mol. The summed E-state index contributed by atoms with van der Waals surface area (Å²) in [5.41, 5.74) is -0.00770. The number of hydrogen-bond acceptors (Lipinski definition) is 4. The van der Waals surface area contributed by atoms with Crippen molar-refractivity contribution < 1.29 is 19.4 Å². The van der Waals surface area contributed by atoms with Crippen LogP contribution in [0.4, 0.5) is 4.79 Å². The van der Waals surface area contributed by atoms with Crippen molar-refractivity contribution in [2.45, 2.75) is 38.5 Å². The summed E-state index contributed by atoms with van der Waals surface area (Å²) in [6.07, 6.45) is -0.494. The molecule has 7 heteroatoms. The highest BCUT2D eigenvalue weighted by Crippen LogP contribution is 2.31. The molecule has 1 heterocycles. The summed E-state index contributed by atoms with van der Waals surface area (Å²) in [5, 5.41) is 12.6. The Morgan fingerprint density at radius 3 is 2.48 bits per heavy atom. The summed E-state index contributed by atoms with van der Waals surface area (Å²) in [7, 11) is 0. The van der Waals surface area contributed by atoms with Crippen LogP contribution in [0.3, 0.4) is 0 Å². The molecule has 1 aliphatic rings. The number of hydrogen-bond donors (Lipinski definition) is 2. The van der Waals surface area contributed by atoms with Crippen LogP contribution in [0.2, 0.25) is 5.02 Å². The predicted molar refractivity (Wildman–Crippen MR) is 86.6 cm³/mol. The molecule has 23 heavy (non-hydrogen) atoms. The highest BCUT2D eigenvalue weighted by atomic mass is 35.5. The van der Waals surface area contributed by atoms with E-state index in [1.807, 2.05) is 0 Å². The van der Waals surface area contributed by atoms with Crippen LogP contribution < -0.4 is 5.32 Å². The lowest BCUT2D eigenvalue weighted by Gasteiger charge is -2.43. The van der Waals surface area contributed by atoms with E-state index in [2.05, 4.69) is 5.32 Å². The van der Waals surface area contributed by atoms with E-state index in [9.17, 15) is 14.7 Å². The van der Waals surface area contributed by atoms with Gasteiger partial charge in [0.05, 0.1) is 6.04 Å². The summed E-state index contributed by atoms with van der Waals surface area (Å²) in [5.74, 6) is -0.964. The number of carbonyl (C=O) groups excluding carboxylic acids is 1. The smallest absolute Gasteiger partial charge is 0.407 e. The number of amides is 1. The van der Waals surface area contributed by atoms with Gasteiger partial charge in [-0.2, -0.15) is 0 Å². The van der Waals surface area contributed by atoms with Crippen LogP contribution in [0, 0.1) is 0 Å². The van der Waals surface area contributed by atoms with E-state index >= 15 is 0 Å². The number of ether oxygens (including phenoxy) is 1. The van der Waals surface area contributed by atoms with Gasteiger partial charge in [-0.1, -0.05) is 29.8 Å². The molecule has 2 N–H and O–H groups in total. The number of benzene rings is 1. The molecule has 1 aliphatic heterocycles. The largest absolute Gasteiger partial charge is 0.480 e. The van der Waals surface area contributed by atoms with Crippen LogP contribution in [0.5, 0.6) is 0 Å². The van der Waals surface area contributed by atoms with Gasteiger partial charge in [0.1, 0.15) is 11.6 Å². The number of aliphatic carboxylic acids is 1. The Hall–Kier alpha value is -1.79. The lowest BCUT2D eigenvalue weighted by atomic mass is 9.99. The second-order valence-electron chi connectivity index (χ2n) is 6.56. The fourth-order valence-electron chi connectivity index (χ4n) is 2.47. The highest BCUT2D eigenvalue weighted by molar-refractivity contribution is 6.31. The van der Waals surface area contributed by atoms with Gasteiger partial charge in [0.15, 0.2) is 0 Å². The third-order valence-corrected chi connectivity index (χ3v) is 3.77. The van der Waals surface area contributed by atoms with Crippen molar-refractivity contribution in [3.05, 3.63) is 34.9 Å². The summed E-state index contributed by atoms with van der Waals surface area (Å²) in [6, 6.07) is 5.94. The zero-order valence-corrected chi connectivity index (χ0v) is 14.1. The average Bonchev–Trinajstić information content (AvgIpc) is 2.35. The molecule has 0 aliphatic carbocycles. The molecule has 0 saturated carbocycles. The second-order valence-corrected chi connectivity index (χ2v) is 6.97. The molecule has 0 unspecified atom stereocenters. The minimum absolute atomic E-state index is 0.130. The Bertz CT molecular complexity index is 594. The maximum absolute atomic E-state index is 11.7. The van der Waals surface area contributed by atoms with Gasteiger partial charge in [0.25, 0.3) is 0 Å². The van der Waals surface area contributed by atoms with Crippen molar-refractivity contribution in [2.75, 3.05) is 13.1 Å². The van der Waals surface area contributed by atoms with Crippen molar-refractivity contribution in [1.29, 1.82) is 0 Å². The van der Waals surface area contributed by atoms with Crippen molar-refractivity contribution in [3.8, 4) is 0 Å². The molecule has 1 saturated heterocycles. The first-order valence-corrected chi connectivity index (χ1v) is 7.76. The first-order valence-electron chi connectivity index (χ1n) is 7.38. The van der Waals surface area contributed by atoms with E-state index in [0.29, 0.717) is 23.7 Å². The number of halogens is 1. The minimum Gasteiger partial charge on any atom is -0.480 e. The van der Waals surface area contributed by atoms with Gasteiger partial charge >= 0.3 is 12.1 Å². The van der Waals surface area contributed by atoms with E-state index in [4.69, 9.17) is 16.3 Å². The zero-order valence-electron chi connectivity index (χ0n) is 13.4. The fourth-order valence-corrected chi connectivity index (χ4v) is 2.71. The minimum atomic E-state index is -0.964. The topological polar surface area (TPSA) is 78.9 Å². The standard InChI is InChI=1S/C16H21ClN2O4/c1-16(2,3)23-15(22)18-10-8-19(9-10)13(14(20)21)11-6-4-5-7-12(11)17/h4-7,10,13H,8-9H2,1-3H3,(H,18,22)(H,20,21)/t13-/m0/s1. The van der Waals surface area contributed by atoms with E-state index < -0.39 is 23.7 Å². The third-order valence-electron chi connectivity index (χ3n) is 3.43. The van der Waals surface area contributed by atoms with Crippen molar-refractivity contribution in [1.82, 2.24) is 10.2 Å². The molecule has 0 radical (unpaired) electrons. The maximum Gasteiger partial charge on any atom is 0.407 e. The highest BCUT2D eigenvalue weighted by Gasteiger charge is 2.39. The lowest BCUT2D eigenvalue weighted by Crippen LogP contribution is -2.61. The summed E-state index contributed by atoms with van der Waals surface area (Å²) < 4.78 is 5.19. The van der Waals surface area contributed by atoms with Crippen molar-refractivity contribution >= 4 is 23.7 Å². The van der Waals surface area contributed by atoms with Crippen LogP contribution in [0.25, 0.3) is 0 Å². The Labute approximate surface area is 140 Å². The molecule has 1 aromatic carbocycles. The molecule has 2 rings (SSSR count). The van der Waals surface area contributed by atoms with E-state index in [1.165, 1.54) is 0 Å². The summed E-state index contributed by atoms with van der Waals surface area (Å²) in [6.45, 7) is 6.23. The van der Waals surface area contributed by atoms with Gasteiger partial charge in [-0.05, 0) is 32.4 Å². The van der Waals surface area contributed by atoms with Crippen LogP contribution in [0.1, 0.15) is 32.4 Å². The first-order chi connectivity index (χ1) is 10.7. The SMILES string of the molecule is CC(C)(C)OC(=O)NC1CN([C@H](C(=O)O)c2ccccc2Cl)C1. The number of alkyl carbamates (subject to hydrolysis) is 1. The summed E-state index contributed by atoms with van der Waals surface area (Å²) >= 11 is 6.10. The Morgan fingerprint density at radius 2 is 1.96 bits per heavy atom. The number of carboxylic acids is 1. The molecule has 0 spiro atoms. The Kier molecular flexibility index (Phi) is 5.16. The number of nitrogens with one attached hydrogen (secondary N) is 1. The summed E-state index contributed by atoms with van der Waals surface area (Å²) in [4.78, 5) is 25.1. The Balaban J connectivity index is 1.95. The number of carbonyl (C=O) groups is 2. The van der Waals surface area contributed by atoms with E-state index in [0.717, 1.165) is 0 Å². The maximum atomic E-state index is 11.7. The number of carboxylic acid groups (broad SMARTS) is 1. The molecule has 1 fully saturated rings. The first kappa shape index (κ1) is 17.6. The van der Waals surface area contributed by atoms with Crippen molar-refractivity contribution in [2.24, 2.45) is 0 Å². The predicted octanol–water partition coefficient (Wildman–Crippen LogP) is 2.67. The molecule has 1 amide bonds. The van der Waals surface area contributed by atoms with Gasteiger partial charge in [-0.3, -0.25) is 9.69 Å². The normalized spacial score (nSPS) is 17.2. The van der Waals surface area contributed by atoms with E-state index in [-0.39, 0.29) is 6.04 Å². The van der Waals surface area contributed by atoms with E-state index in [1.54, 1.807) is 49.9 Å². The van der Waals surface area contributed by atoms with Gasteiger partial charge in [0.2, 0.25) is 0 Å². The molecule has 0 aromatic heterocycles. The van der Waals surface area contributed by atoms with Gasteiger partial charge in [-0.15, -0.1) is 0 Å². The molecule has 1 atom stereocenters. The van der Waals surface area contributed by atoms with Gasteiger partial charge in [-0.25, -0.2) is 4.79 Å². The van der Waals surface area contributed by atoms with Gasteiger partial charge in [0, 0.05) is 18.1 Å². The number of nitrogens with zero attached hydrogens (tertiary/aromatic N) is 1. The zero-order chi connectivity index (χ0) is 17.2. The number of likely N-dealkylation sites (tertiary alicyclic amines) is 1. The monoisotopic (exact) mass is 340 g/mol. The Morgan fingerprint density at radius 1 is 1.35 bits per heavy atom. The lowest BCUT2D eigenvalue weighted by molar-refractivity contribution is -0.145. The molecule has 126 valence electrons. The van der Waals surface area contributed by atoms with Crippen LogP contribution in [-0.4, -0.2) is 46.8 Å². The molecular formula is C16H21ClN2O4. The van der Waals surface area contributed by atoms with Crippen LogP contribution in [-0.2, 0) is 9.53 Å². The van der Waals surface area contributed by atoms with Crippen LogP contribution in [0.15, 0.2) is 24.3 Å². The van der Waals surface area contributed by atoms with Gasteiger partial charge < -0.3 is 15.2 Å². The number of rotatable bonds is 4. The van der Waals surface area contributed by atoms with Crippen LogP contribution >= 0.6 is 11.6 Å². The average molecular weight is 341 g/mol.